The van der Waals surface area contributed by atoms with Gasteiger partial charge in [0.25, 0.3) is 11.8 Å². The number of benzene rings is 2. The highest BCUT2D eigenvalue weighted by Gasteiger charge is 2.51. The highest BCUT2D eigenvalue weighted by atomic mass is 79.9. The van der Waals surface area contributed by atoms with Crippen molar-refractivity contribution in [2.24, 2.45) is 11.0 Å². The molecule has 1 aliphatic heterocycles. The third-order valence-corrected chi connectivity index (χ3v) is 6.41. The first-order chi connectivity index (χ1) is 14.0. The van der Waals surface area contributed by atoms with Crippen LogP contribution in [0.4, 0.5) is 0 Å². The summed E-state index contributed by atoms with van der Waals surface area (Å²) in [5.41, 5.74) is 6.30. The van der Waals surface area contributed by atoms with Crippen molar-refractivity contribution < 1.29 is 9.59 Å². The maximum absolute atomic E-state index is 13.3. The first-order valence-corrected chi connectivity index (χ1v) is 11.1. The van der Waals surface area contributed by atoms with Gasteiger partial charge in [0.1, 0.15) is 5.66 Å². The van der Waals surface area contributed by atoms with E-state index >= 15 is 0 Å². The molecule has 1 aliphatic carbocycles. The lowest BCUT2D eigenvalue weighted by molar-refractivity contribution is 0.00851. The molecule has 0 saturated heterocycles. The molecule has 0 aromatic heterocycles. The van der Waals surface area contributed by atoms with Gasteiger partial charge in [-0.2, -0.15) is 5.10 Å². The molecule has 8 heteroatoms. The van der Waals surface area contributed by atoms with Gasteiger partial charge in [0.05, 0.1) is 0 Å². The van der Waals surface area contributed by atoms with E-state index in [9.17, 15) is 9.59 Å². The lowest BCUT2D eigenvalue weighted by Crippen LogP contribution is -2.66. The summed E-state index contributed by atoms with van der Waals surface area (Å²) >= 11 is 6.80. The standard InChI is InChI=1S/C21H20Br2N4O2/c22-17-8-3-5-14(11-17)19(28)25-26-21-10-2-1-7-16(21)13-24-27(21)20(29)15-6-4-9-18(23)12-15/h3-6,8-9,11-13,16,26H,1-2,7,10H2,(H,25,28)/t16-,21+/m0/s1. The maximum Gasteiger partial charge on any atom is 0.275 e. The third-order valence-electron chi connectivity index (χ3n) is 5.42. The van der Waals surface area contributed by atoms with E-state index in [-0.39, 0.29) is 17.7 Å². The molecule has 1 saturated carbocycles. The molecule has 2 aliphatic rings. The van der Waals surface area contributed by atoms with Crippen LogP contribution in [0.3, 0.4) is 0 Å². The van der Waals surface area contributed by atoms with E-state index < -0.39 is 5.66 Å². The van der Waals surface area contributed by atoms with Crippen molar-refractivity contribution in [3.05, 3.63) is 68.6 Å². The number of hydrazone groups is 1. The minimum atomic E-state index is -0.765. The van der Waals surface area contributed by atoms with E-state index in [0.29, 0.717) is 17.5 Å². The largest absolute Gasteiger partial charge is 0.285 e. The number of halogens is 2. The Bertz CT molecular complexity index is 981. The predicted molar refractivity (Wildman–Crippen MR) is 118 cm³/mol. The van der Waals surface area contributed by atoms with E-state index in [1.165, 1.54) is 5.01 Å². The fourth-order valence-electron chi connectivity index (χ4n) is 3.95. The summed E-state index contributed by atoms with van der Waals surface area (Å²) < 4.78 is 1.66. The normalized spacial score (nSPS) is 23.0. The van der Waals surface area contributed by atoms with Gasteiger partial charge in [-0.15, -0.1) is 0 Å². The van der Waals surface area contributed by atoms with E-state index in [1.54, 1.807) is 24.3 Å². The minimum Gasteiger partial charge on any atom is -0.285 e. The Labute approximate surface area is 186 Å². The zero-order valence-corrected chi connectivity index (χ0v) is 18.7. The molecular weight excluding hydrogens is 500 g/mol. The van der Waals surface area contributed by atoms with Gasteiger partial charge in [0, 0.05) is 32.2 Å². The molecule has 0 spiro atoms. The lowest BCUT2D eigenvalue weighted by atomic mass is 9.80. The number of nitrogens with one attached hydrogen (secondary N) is 2. The molecule has 0 bridgehead atoms. The highest BCUT2D eigenvalue weighted by molar-refractivity contribution is 9.10. The van der Waals surface area contributed by atoms with E-state index in [1.807, 2.05) is 30.5 Å². The molecule has 6 nitrogen and oxygen atoms in total. The van der Waals surface area contributed by atoms with Gasteiger partial charge in [-0.3, -0.25) is 15.0 Å². The van der Waals surface area contributed by atoms with Gasteiger partial charge in [-0.05, 0) is 55.7 Å². The van der Waals surface area contributed by atoms with Crippen LogP contribution in [0.2, 0.25) is 0 Å². The number of amides is 2. The van der Waals surface area contributed by atoms with Crippen LogP contribution < -0.4 is 10.9 Å². The molecular formula is C21H20Br2N4O2. The quantitative estimate of drug-likeness (QED) is 0.585. The van der Waals surface area contributed by atoms with Crippen molar-refractivity contribution in [1.82, 2.24) is 15.9 Å². The number of hydrazine groups is 1. The number of carbonyl (C=O) groups is 2. The smallest absolute Gasteiger partial charge is 0.275 e. The molecule has 1 heterocycles. The second-order valence-corrected chi connectivity index (χ2v) is 9.09. The summed E-state index contributed by atoms with van der Waals surface area (Å²) in [6, 6.07) is 14.4. The molecule has 0 radical (unpaired) electrons. The van der Waals surface area contributed by atoms with Gasteiger partial charge in [0.15, 0.2) is 0 Å². The monoisotopic (exact) mass is 518 g/mol. The fourth-order valence-corrected chi connectivity index (χ4v) is 4.74. The average molecular weight is 520 g/mol. The third kappa shape index (κ3) is 4.01. The fraction of sp³-hybridized carbons (Fsp3) is 0.286. The number of hydrogen-bond donors (Lipinski definition) is 2. The maximum atomic E-state index is 13.3. The van der Waals surface area contributed by atoms with Crippen molar-refractivity contribution in [1.29, 1.82) is 0 Å². The van der Waals surface area contributed by atoms with Gasteiger partial charge in [-0.25, -0.2) is 10.4 Å². The van der Waals surface area contributed by atoms with E-state index in [2.05, 4.69) is 47.8 Å². The summed E-state index contributed by atoms with van der Waals surface area (Å²) in [7, 11) is 0. The number of rotatable bonds is 4. The lowest BCUT2D eigenvalue weighted by Gasteiger charge is -2.43. The topological polar surface area (TPSA) is 73.8 Å². The molecule has 2 aromatic rings. The molecule has 1 fully saturated rings. The molecule has 2 atom stereocenters. The summed E-state index contributed by atoms with van der Waals surface area (Å²) in [6.45, 7) is 0. The van der Waals surface area contributed by atoms with Crippen LogP contribution >= 0.6 is 31.9 Å². The zero-order valence-electron chi connectivity index (χ0n) is 15.6. The first kappa shape index (κ1) is 20.3. The van der Waals surface area contributed by atoms with E-state index in [4.69, 9.17) is 0 Å². The Morgan fingerprint density at radius 3 is 2.45 bits per heavy atom. The van der Waals surface area contributed by atoms with Gasteiger partial charge in [-0.1, -0.05) is 50.4 Å². The summed E-state index contributed by atoms with van der Waals surface area (Å²) in [4.78, 5) is 25.9. The number of hydrogen-bond acceptors (Lipinski definition) is 4. The van der Waals surface area contributed by atoms with Gasteiger partial charge >= 0.3 is 0 Å². The predicted octanol–water partition coefficient (Wildman–Crippen LogP) is 4.47. The van der Waals surface area contributed by atoms with Crippen LogP contribution in [0.25, 0.3) is 0 Å². The second-order valence-electron chi connectivity index (χ2n) is 7.26. The van der Waals surface area contributed by atoms with Crippen LogP contribution in [0, 0.1) is 5.92 Å². The molecule has 29 heavy (non-hydrogen) atoms. The Hall–Kier alpha value is -2.03. The second kappa shape index (κ2) is 8.38. The van der Waals surface area contributed by atoms with E-state index in [0.717, 1.165) is 28.2 Å². The summed E-state index contributed by atoms with van der Waals surface area (Å²) in [6.07, 6.45) is 5.45. The minimum absolute atomic E-state index is 0.0372. The Balaban J connectivity index is 1.58. The van der Waals surface area contributed by atoms with Crippen molar-refractivity contribution in [3.8, 4) is 0 Å². The van der Waals surface area contributed by atoms with Crippen molar-refractivity contribution in [3.63, 3.8) is 0 Å². The average Bonchev–Trinajstić information content (AvgIpc) is 3.11. The van der Waals surface area contributed by atoms with Crippen molar-refractivity contribution in [2.75, 3.05) is 0 Å². The van der Waals surface area contributed by atoms with Crippen LogP contribution in [0.15, 0.2) is 62.6 Å². The molecule has 0 unspecified atom stereocenters. The first-order valence-electron chi connectivity index (χ1n) is 9.47. The number of fused-ring (bicyclic) bond motifs is 1. The Morgan fingerprint density at radius 2 is 1.72 bits per heavy atom. The van der Waals surface area contributed by atoms with Gasteiger partial charge < -0.3 is 0 Å². The van der Waals surface area contributed by atoms with Gasteiger partial charge in [0.2, 0.25) is 0 Å². The molecule has 2 N–H and O–H groups in total. The number of carbonyl (C=O) groups excluding carboxylic acids is 2. The molecule has 2 aromatic carbocycles. The van der Waals surface area contributed by atoms with Crippen molar-refractivity contribution >= 4 is 49.9 Å². The van der Waals surface area contributed by atoms with Crippen molar-refractivity contribution in [2.45, 2.75) is 31.3 Å². The SMILES string of the molecule is O=C(NN[C@@]12CCCC[C@H]1C=NN2C(=O)c1cccc(Br)c1)c1cccc(Br)c1. The highest BCUT2D eigenvalue weighted by Crippen LogP contribution is 2.40. The molecule has 150 valence electrons. The Kier molecular flexibility index (Phi) is 5.85. The summed E-state index contributed by atoms with van der Waals surface area (Å²) in [5, 5.41) is 5.95. The van der Waals surface area contributed by atoms with Crippen LogP contribution in [-0.2, 0) is 0 Å². The Morgan fingerprint density at radius 1 is 1.03 bits per heavy atom. The number of nitrogens with zero attached hydrogens (tertiary/aromatic N) is 2. The van der Waals surface area contributed by atoms with Crippen LogP contribution in [0.1, 0.15) is 46.4 Å². The van der Waals surface area contributed by atoms with Crippen LogP contribution in [-0.4, -0.2) is 28.7 Å². The summed E-state index contributed by atoms with van der Waals surface area (Å²) in [5.74, 6) is -0.418. The molecule has 4 rings (SSSR count). The zero-order chi connectivity index (χ0) is 20.4. The molecule has 2 amide bonds. The van der Waals surface area contributed by atoms with Crippen LogP contribution in [0.5, 0.6) is 0 Å².